The van der Waals surface area contributed by atoms with Gasteiger partial charge in [0.1, 0.15) is 0 Å². The first kappa shape index (κ1) is 14.8. The summed E-state index contributed by atoms with van der Waals surface area (Å²) in [6, 6.07) is 8.62. The molecule has 0 saturated carbocycles. The Morgan fingerprint density at radius 3 is 2.30 bits per heavy atom. The molecule has 20 heavy (non-hydrogen) atoms. The van der Waals surface area contributed by atoms with Crippen molar-refractivity contribution in [3.8, 4) is 0 Å². The van der Waals surface area contributed by atoms with Crippen molar-refractivity contribution >= 4 is 10.0 Å². The highest BCUT2D eigenvalue weighted by atomic mass is 32.2. The maximum absolute atomic E-state index is 12.2. The van der Waals surface area contributed by atoms with Gasteiger partial charge < -0.3 is 9.52 Å². The molecular formula is C14H17NO4S. The third-order valence-corrected chi connectivity index (χ3v) is 4.79. The molecule has 2 aromatic rings. The molecule has 1 N–H and O–H groups in total. The maximum atomic E-state index is 12.2. The van der Waals surface area contributed by atoms with Gasteiger partial charge in [-0.3, -0.25) is 0 Å². The topological polar surface area (TPSA) is 70.8 Å². The number of aliphatic hydroxyl groups excluding tert-OH is 1. The van der Waals surface area contributed by atoms with E-state index in [9.17, 15) is 8.42 Å². The van der Waals surface area contributed by atoms with Gasteiger partial charge in [-0.15, -0.1) is 0 Å². The van der Waals surface area contributed by atoms with E-state index in [1.54, 1.807) is 37.4 Å². The molecule has 1 heterocycles. The number of hydrogen-bond acceptors (Lipinski definition) is 4. The molecular weight excluding hydrogens is 278 g/mol. The third kappa shape index (κ3) is 3.69. The Balaban J connectivity index is 2.05. The van der Waals surface area contributed by atoms with Gasteiger partial charge >= 0.3 is 0 Å². The van der Waals surface area contributed by atoms with Crippen LogP contribution in [0.5, 0.6) is 0 Å². The maximum Gasteiger partial charge on any atom is 0.218 e. The number of furan rings is 1. The normalized spacial score (nSPS) is 11.9. The average molecular weight is 295 g/mol. The van der Waals surface area contributed by atoms with E-state index in [4.69, 9.17) is 9.52 Å². The van der Waals surface area contributed by atoms with Crippen LogP contribution in [0.15, 0.2) is 47.3 Å². The van der Waals surface area contributed by atoms with Crippen molar-refractivity contribution in [3.05, 3.63) is 59.5 Å². The Morgan fingerprint density at radius 2 is 1.75 bits per heavy atom. The molecule has 5 nitrogen and oxygen atoms in total. The van der Waals surface area contributed by atoms with Crippen molar-refractivity contribution in [2.45, 2.75) is 18.9 Å². The lowest BCUT2D eigenvalue weighted by molar-refractivity contribution is 0.282. The zero-order chi connectivity index (χ0) is 14.6. The summed E-state index contributed by atoms with van der Waals surface area (Å²) in [5, 5.41) is 8.96. The molecule has 0 amide bonds. The van der Waals surface area contributed by atoms with Gasteiger partial charge in [0.05, 0.1) is 24.9 Å². The highest BCUT2D eigenvalue weighted by Crippen LogP contribution is 2.14. The summed E-state index contributed by atoms with van der Waals surface area (Å²) in [5.41, 5.74) is 2.27. The largest absolute Gasteiger partial charge is 0.472 e. The fraction of sp³-hybridized carbons (Fsp3) is 0.286. The second-order valence-electron chi connectivity index (χ2n) is 4.62. The second-order valence-corrected chi connectivity index (χ2v) is 6.69. The molecule has 6 heteroatoms. The lowest BCUT2D eigenvalue weighted by atomic mass is 10.2. The zero-order valence-corrected chi connectivity index (χ0v) is 12.0. The molecule has 0 radical (unpaired) electrons. The van der Waals surface area contributed by atoms with Crippen LogP contribution < -0.4 is 0 Å². The number of hydrogen-bond donors (Lipinski definition) is 1. The predicted molar refractivity (Wildman–Crippen MR) is 75.2 cm³/mol. The van der Waals surface area contributed by atoms with Crippen LogP contribution in [-0.2, 0) is 28.9 Å². The first-order valence-corrected chi connectivity index (χ1v) is 7.76. The molecule has 0 atom stereocenters. The predicted octanol–water partition coefficient (Wildman–Crippen LogP) is 1.73. The summed E-state index contributed by atoms with van der Waals surface area (Å²) in [6.45, 7) is 0.237. The third-order valence-electron chi connectivity index (χ3n) is 3.01. The summed E-state index contributed by atoms with van der Waals surface area (Å²) in [4.78, 5) is 0. The van der Waals surface area contributed by atoms with Crippen molar-refractivity contribution in [3.63, 3.8) is 0 Å². The minimum Gasteiger partial charge on any atom is -0.472 e. The van der Waals surface area contributed by atoms with Gasteiger partial charge in [-0.1, -0.05) is 24.3 Å². The van der Waals surface area contributed by atoms with Crippen LogP contribution in [0.1, 0.15) is 16.7 Å². The summed E-state index contributed by atoms with van der Waals surface area (Å²) in [5.74, 6) is -0.0624. The van der Waals surface area contributed by atoms with Gasteiger partial charge in [0, 0.05) is 19.2 Å². The van der Waals surface area contributed by atoms with Gasteiger partial charge in [-0.2, -0.15) is 0 Å². The minimum atomic E-state index is -3.38. The fourth-order valence-corrected chi connectivity index (χ4v) is 2.98. The molecule has 0 fully saturated rings. The number of rotatable bonds is 6. The second kappa shape index (κ2) is 6.21. The van der Waals surface area contributed by atoms with Gasteiger partial charge in [0.25, 0.3) is 0 Å². The first-order chi connectivity index (χ1) is 9.51. The minimum absolute atomic E-state index is 0.0482. The molecule has 0 aliphatic carbocycles. The lowest BCUT2D eigenvalue weighted by Gasteiger charge is -2.16. The lowest BCUT2D eigenvalue weighted by Crippen LogP contribution is -2.27. The smallest absolute Gasteiger partial charge is 0.218 e. The van der Waals surface area contributed by atoms with Crippen molar-refractivity contribution < 1.29 is 17.9 Å². The number of sulfonamides is 1. The van der Waals surface area contributed by atoms with Crippen LogP contribution in [0.2, 0.25) is 0 Å². The van der Waals surface area contributed by atoms with E-state index in [0.717, 1.165) is 11.1 Å². The molecule has 0 unspecified atom stereocenters. The van der Waals surface area contributed by atoms with Crippen molar-refractivity contribution in [1.82, 2.24) is 4.31 Å². The molecule has 108 valence electrons. The Kier molecular flexibility index (Phi) is 4.59. The van der Waals surface area contributed by atoms with Crippen LogP contribution in [0, 0.1) is 0 Å². The number of nitrogens with zero attached hydrogens (tertiary/aromatic N) is 1. The van der Waals surface area contributed by atoms with E-state index in [-0.39, 0.29) is 18.9 Å². The van der Waals surface area contributed by atoms with Crippen LogP contribution in [-0.4, -0.2) is 24.9 Å². The molecule has 0 bridgehead atoms. The summed E-state index contributed by atoms with van der Waals surface area (Å²) < 4.78 is 30.7. The molecule has 1 aromatic heterocycles. The van der Waals surface area contributed by atoms with Crippen molar-refractivity contribution in [1.29, 1.82) is 0 Å². The van der Waals surface area contributed by atoms with Gasteiger partial charge in [0.15, 0.2) is 0 Å². The van der Waals surface area contributed by atoms with Crippen LogP contribution in [0.4, 0.5) is 0 Å². The van der Waals surface area contributed by atoms with E-state index in [0.29, 0.717) is 5.56 Å². The highest BCUT2D eigenvalue weighted by Gasteiger charge is 2.19. The number of benzene rings is 1. The number of aliphatic hydroxyl groups is 1. The van der Waals surface area contributed by atoms with Gasteiger partial charge in [0.2, 0.25) is 10.0 Å². The van der Waals surface area contributed by atoms with Crippen molar-refractivity contribution in [2.75, 3.05) is 7.05 Å². The Morgan fingerprint density at radius 1 is 1.10 bits per heavy atom. The summed E-state index contributed by atoms with van der Waals surface area (Å²) in [6.07, 6.45) is 3.05. The summed E-state index contributed by atoms with van der Waals surface area (Å²) in [7, 11) is -1.83. The van der Waals surface area contributed by atoms with E-state index < -0.39 is 10.0 Å². The molecule has 2 rings (SSSR count). The molecule has 0 aliphatic heterocycles. The summed E-state index contributed by atoms with van der Waals surface area (Å²) >= 11 is 0. The first-order valence-electron chi connectivity index (χ1n) is 6.15. The van der Waals surface area contributed by atoms with Gasteiger partial charge in [-0.25, -0.2) is 12.7 Å². The Bertz CT molecular complexity index is 632. The molecule has 0 aliphatic rings. The van der Waals surface area contributed by atoms with Crippen molar-refractivity contribution in [2.24, 2.45) is 0 Å². The SMILES string of the molecule is CN(Cc1ccoc1)S(=O)(=O)Cc1ccc(CO)cc1. The van der Waals surface area contributed by atoms with Crippen LogP contribution >= 0.6 is 0 Å². The molecule has 0 spiro atoms. The monoisotopic (exact) mass is 295 g/mol. The van der Waals surface area contributed by atoms with E-state index in [1.807, 2.05) is 0 Å². The average Bonchev–Trinajstić information content (AvgIpc) is 2.92. The standard InChI is InChI=1S/C14H17NO4S/c1-15(8-14-6-7-19-10-14)20(17,18)11-13-4-2-12(9-16)3-5-13/h2-7,10,16H,8-9,11H2,1H3. The zero-order valence-electron chi connectivity index (χ0n) is 11.2. The molecule has 0 saturated heterocycles. The Labute approximate surface area is 118 Å². The quantitative estimate of drug-likeness (QED) is 0.881. The van der Waals surface area contributed by atoms with Gasteiger partial charge in [-0.05, 0) is 17.2 Å². The fourth-order valence-electron chi connectivity index (χ4n) is 1.80. The van der Waals surface area contributed by atoms with Crippen LogP contribution in [0.3, 0.4) is 0 Å². The highest BCUT2D eigenvalue weighted by molar-refractivity contribution is 7.88. The van der Waals surface area contributed by atoms with Crippen LogP contribution in [0.25, 0.3) is 0 Å². The Hall–Kier alpha value is -1.63. The van der Waals surface area contributed by atoms with E-state index in [1.165, 1.54) is 16.8 Å². The van der Waals surface area contributed by atoms with E-state index in [2.05, 4.69) is 0 Å². The molecule has 1 aromatic carbocycles. The van der Waals surface area contributed by atoms with E-state index >= 15 is 0 Å².